The smallest absolute Gasteiger partial charge is 0.313 e. The largest absolute Gasteiger partial charge is 0.335 e. The molecule has 1 aromatic rings. The molecule has 0 aliphatic rings. The number of rotatable bonds is 12. The van der Waals surface area contributed by atoms with Crippen LogP contribution in [-0.4, -0.2) is 33.0 Å². The zero-order valence-electron chi connectivity index (χ0n) is 16.8. The van der Waals surface area contributed by atoms with E-state index in [2.05, 4.69) is 6.07 Å². The van der Waals surface area contributed by atoms with Gasteiger partial charge < -0.3 is 22.6 Å². The molecule has 1 aromatic carbocycles. The number of nitrogens with zero attached hydrogens (tertiary/aromatic N) is 1. The third-order valence-electron chi connectivity index (χ3n) is 2.86. The van der Waals surface area contributed by atoms with Gasteiger partial charge in [0.2, 0.25) is 0 Å². The van der Waals surface area contributed by atoms with E-state index in [1.807, 2.05) is 20.8 Å². The molecule has 0 bridgehead atoms. The molecule has 0 fully saturated rings. The third-order valence-corrected chi connectivity index (χ3v) is 6.30. The van der Waals surface area contributed by atoms with Gasteiger partial charge in [0.15, 0.2) is 0 Å². The number of benzene rings is 1. The summed E-state index contributed by atoms with van der Waals surface area (Å²) in [5, 5.41) is 8.95. The van der Waals surface area contributed by atoms with E-state index in [0.29, 0.717) is 44.2 Å². The molecule has 0 aliphatic carbocycles. The lowest BCUT2D eigenvalue weighted by Gasteiger charge is -2.17. The zero-order valence-corrected chi connectivity index (χ0v) is 18.6. The predicted molar refractivity (Wildman–Crippen MR) is 108 cm³/mol. The van der Waals surface area contributed by atoms with Gasteiger partial charge in [-0.25, -0.2) is 0 Å². The standard InChI is InChI=1S/C12H16NO3P.C6H15O3P/c1-3-15-17(14,16-4-2)10-12-8-6-5-7-11(12)9-13;1-4-7-10(8-5-2)9-6-3/h5-8H,3-4,10H2,1-2H3;4-6H2,1-3H3. The lowest BCUT2D eigenvalue weighted by atomic mass is 10.1. The van der Waals surface area contributed by atoms with Crippen LogP contribution in [0, 0.1) is 11.3 Å². The van der Waals surface area contributed by atoms with Crippen LogP contribution < -0.4 is 0 Å². The molecule has 0 aromatic heterocycles. The Hall–Kier alpha value is -0.830. The lowest BCUT2D eigenvalue weighted by Crippen LogP contribution is -2.00. The second-order valence-corrected chi connectivity index (χ2v) is 8.13. The van der Waals surface area contributed by atoms with Gasteiger partial charge in [-0.15, -0.1) is 0 Å². The van der Waals surface area contributed by atoms with Crippen molar-refractivity contribution in [3.05, 3.63) is 35.4 Å². The van der Waals surface area contributed by atoms with E-state index in [1.165, 1.54) is 0 Å². The van der Waals surface area contributed by atoms with Crippen molar-refractivity contribution in [2.24, 2.45) is 0 Å². The van der Waals surface area contributed by atoms with Crippen LogP contribution in [0.5, 0.6) is 0 Å². The van der Waals surface area contributed by atoms with Gasteiger partial charge >= 0.3 is 16.2 Å². The van der Waals surface area contributed by atoms with E-state index in [-0.39, 0.29) is 6.16 Å². The van der Waals surface area contributed by atoms with Crippen molar-refractivity contribution >= 4 is 16.2 Å². The summed E-state index contributed by atoms with van der Waals surface area (Å²) in [5.41, 5.74) is 1.20. The Morgan fingerprint density at radius 2 is 1.37 bits per heavy atom. The molecular formula is C18H31NO6P2. The van der Waals surface area contributed by atoms with Crippen LogP contribution in [0.25, 0.3) is 0 Å². The van der Waals surface area contributed by atoms with Crippen LogP contribution >= 0.6 is 16.2 Å². The van der Waals surface area contributed by atoms with Crippen molar-refractivity contribution in [2.75, 3.05) is 33.0 Å². The summed E-state index contributed by atoms with van der Waals surface area (Å²) in [7, 11) is -4.19. The fourth-order valence-electron chi connectivity index (χ4n) is 1.93. The maximum atomic E-state index is 12.3. The first-order valence-corrected chi connectivity index (χ1v) is 11.9. The molecule has 0 radical (unpaired) electrons. The molecule has 0 saturated carbocycles. The summed E-state index contributed by atoms with van der Waals surface area (Å²) in [4.78, 5) is 0. The van der Waals surface area contributed by atoms with Crippen LogP contribution in [0.3, 0.4) is 0 Å². The SMILES string of the molecule is CCOP(=O)(Cc1ccccc1C#N)OCC.CCOP(OCC)OCC. The highest BCUT2D eigenvalue weighted by atomic mass is 31.2. The number of hydrogen-bond acceptors (Lipinski definition) is 7. The molecular weight excluding hydrogens is 388 g/mol. The average molecular weight is 419 g/mol. The quantitative estimate of drug-likeness (QED) is 0.405. The predicted octanol–water partition coefficient (Wildman–Crippen LogP) is 5.65. The number of nitriles is 1. The van der Waals surface area contributed by atoms with E-state index in [1.54, 1.807) is 38.1 Å². The minimum atomic E-state index is -3.13. The van der Waals surface area contributed by atoms with E-state index >= 15 is 0 Å². The highest BCUT2D eigenvalue weighted by Crippen LogP contribution is 2.51. The molecule has 1 rings (SSSR count). The fraction of sp³-hybridized carbons (Fsp3) is 0.611. The summed E-state index contributed by atoms with van der Waals surface area (Å²) in [5.74, 6) is 0. The average Bonchev–Trinajstić information content (AvgIpc) is 2.64. The lowest BCUT2D eigenvalue weighted by molar-refractivity contribution is 0.176. The maximum Gasteiger partial charge on any atom is 0.335 e. The van der Waals surface area contributed by atoms with Gasteiger partial charge in [-0.1, -0.05) is 18.2 Å². The van der Waals surface area contributed by atoms with E-state index in [9.17, 15) is 4.57 Å². The van der Waals surface area contributed by atoms with Gasteiger partial charge in [0.1, 0.15) is 0 Å². The Morgan fingerprint density at radius 3 is 1.78 bits per heavy atom. The van der Waals surface area contributed by atoms with E-state index in [4.69, 9.17) is 27.9 Å². The van der Waals surface area contributed by atoms with Gasteiger partial charge in [-0.2, -0.15) is 5.26 Å². The first-order chi connectivity index (χ1) is 13.0. The fourth-order valence-corrected chi connectivity index (χ4v) is 4.52. The normalized spacial score (nSPS) is 11.0. The molecule has 0 heterocycles. The Labute approximate surface area is 164 Å². The Morgan fingerprint density at radius 1 is 0.889 bits per heavy atom. The molecule has 0 atom stereocenters. The van der Waals surface area contributed by atoms with Crippen molar-refractivity contribution in [3.8, 4) is 6.07 Å². The van der Waals surface area contributed by atoms with Crippen LogP contribution in [0.2, 0.25) is 0 Å². The first-order valence-electron chi connectivity index (χ1n) is 9.05. The van der Waals surface area contributed by atoms with Crippen molar-refractivity contribution in [1.29, 1.82) is 5.26 Å². The van der Waals surface area contributed by atoms with Crippen LogP contribution in [0.1, 0.15) is 45.7 Å². The maximum absolute atomic E-state index is 12.3. The molecule has 0 aliphatic heterocycles. The van der Waals surface area contributed by atoms with Crippen LogP contribution in [0.4, 0.5) is 0 Å². The third kappa shape index (κ3) is 11.6. The highest BCUT2D eigenvalue weighted by molar-refractivity contribution is 7.53. The van der Waals surface area contributed by atoms with Gasteiger partial charge in [-0.05, 0) is 46.2 Å². The first kappa shape index (κ1) is 26.2. The van der Waals surface area contributed by atoms with Crippen molar-refractivity contribution in [2.45, 2.75) is 40.8 Å². The molecule has 0 saturated heterocycles. The van der Waals surface area contributed by atoms with Crippen LogP contribution in [0.15, 0.2) is 24.3 Å². The van der Waals surface area contributed by atoms with E-state index in [0.717, 1.165) is 0 Å². The summed E-state index contributed by atoms with van der Waals surface area (Å²) < 4.78 is 38.1. The Balaban J connectivity index is 0.000000580. The Kier molecular flexibility index (Phi) is 15.7. The van der Waals surface area contributed by atoms with Crippen LogP contribution in [-0.2, 0) is 33.3 Å². The molecule has 9 heteroatoms. The second-order valence-electron chi connectivity index (χ2n) is 4.85. The van der Waals surface area contributed by atoms with Gasteiger partial charge in [0.25, 0.3) is 0 Å². The number of hydrogen-bond donors (Lipinski definition) is 0. The Bertz CT molecular complexity index is 569. The van der Waals surface area contributed by atoms with Gasteiger partial charge in [0.05, 0.1) is 50.8 Å². The summed E-state index contributed by atoms with van der Waals surface area (Å²) >= 11 is 0. The summed E-state index contributed by atoms with van der Waals surface area (Å²) in [6.07, 6.45) is 0.137. The molecule has 27 heavy (non-hydrogen) atoms. The molecule has 7 nitrogen and oxygen atoms in total. The van der Waals surface area contributed by atoms with Crippen molar-refractivity contribution in [1.82, 2.24) is 0 Å². The van der Waals surface area contributed by atoms with Crippen molar-refractivity contribution in [3.63, 3.8) is 0 Å². The zero-order chi connectivity index (χ0) is 20.5. The van der Waals surface area contributed by atoms with Crippen molar-refractivity contribution < 1.29 is 27.2 Å². The molecule has 0 unspecified atom stereocenters. The second kappa shape index (κ2) is 16.2. The molecule has 0 spiro atoms. The molecule has 0 N–H and O–H groups in total. The topological polar surface area (TPSA) is 87.0 Å². The molecule has 0 amide bonds. The summed E-state index contributed by atoms with van der Waals surface area (Å²) in [6, 6.07) is 9.11. The monoisotopic (exact) mass is 419 g/mol. The summed E-state index contributed by atoms with van der Waals surface area (Å²) in [6.45, 7) is 11.9. The highest BCUT2D eigenvalue weighted by Gasteiger charge is 2.25. The minimum absolute atomic E-state index is 0.137. The van der Waals surface area contributed by atoms with E-state index < -0.39 is 16.2 Å². The molecule has 154 valence electrons. The minimum Gasteiger partial charge on any atom is -0.313 e. The van der Waals surface area contributed by atoms with Gasteiger partial charge in [-0.3, -0.25) is 4.57 Å². The van der Waals surface area contributed by atoms with Gasteiger partial charge in [0, 0.05) is 0 Å².